The highest BCUT2D eigenvalue weighted by molar-refractivity contribution is 7.10. The summed E-state index contributed by atoms with van der Waals surface area (Å²) in [7, 11) is 0. The number of ether oxygens (including phenoxy) is 1. The second-order valence-electron chi connectivity index (χ2n) is 5.32. The summed E-state index contributed by atoms with van der Waals surface area (Å²) in [5.41, 5.74) is 0.732. The van der Waals surface area contributed by atoms with E-state index in [1.54, 1.807) is 31.2 Å². The third-order valence-corrected chi connectivity index (χ3v) is 4.78. The lowest BCUT2D eigenvalue weighted by Crippen LogP contribution is -2.37. The minimum atomic E-state index is -0.922. The van der Waals surface area contributed by atoms with Crippen LogP contribution >= 0.6 is 34.5 Å². The summed E-state index contributed by atoms with van der Waals surface area (Å²) in [6, 6.07) is 8.47. The van der Waals surface area contributed by atoms with Gasteiger partial charge in [0.05, 0.1) is 6.04 Å². The first-order valence-corrected chi connectivity index (χ1v) is 9.18. The zero-order valence-corrected chi connectivity index (χ0v) is 16.0. The molecule has 0 aliphatic heterocycles. The fourth-order valence-electron chi connectivity index (χ4n) is 2.06. The molecule has 4 nitrogen and oxygen atoms in total. The number of halogens is 2. The van der Waals surface area contributed by atoms with Gasteiger partial charge >= 0.3 is 5.97 Å². The van der Waals surface area contributed by atoms with Crippen molar-refractivity contribution in [3.63, 3.8) is 0 Å². The maximum Gasteiger partial charge on any atom is 0.331 e. The van der Waals surface area contributed by atoms with E-state index in [1.165, 1.54) is 24.3 Å². The van der Waals surface area contributed by atoms with Crippen LogP contribution in [-0.4, -0.2) is 18.0 Å². The van der Waals surface area contributed by atoms with Gasteiger partial charge in [-0.1, -0.05) is 35.3 Å². The fourth-order valence-corrected chi connectivity index (χ4v) is 3.25. The molecule has 0 aliphatic rings. The van der Waals surface area contributed by atoms with E-state index in [0.29, 0.717) is 10.0 Å². The summed E-state index contributed by atoms with van der Waals surface area (Å²) in [5.74, 6) is -0.982. The van der Waals surface area contributed by atoms with Crippen LogP contribution in [0.2, 0.25) is 10.0 Å². The highest BCUT2D eigenvalue weighted by atomic mass is 35.5. The lowest BCUT2D eigenvalue weighted by Gasteiger charge is -2.19. The lowest BCUT2D eigenvalue weighted by atomic mass is 10.1. The van der Waals surface area contributed by atoms with Crippen molar-refractivity contribution < 1.29 is 14.3 Å². The minimum absolute atomic E-state index is 0.347. The number of amides is 1. The molecule has 1 amide bonds. The van der Waals surface area contributed by atoms with Crippen molar-refractivity contribution in [2.24, 2.45) is 0 Å². The number of benzene rings is 1. The van der Waals surface area contributed by atoms with Crippen molar-refractivity contribution in [1.82, 2.24) is 5.32 Å². The molecule has 0 fully saturated rings. The van der Waals surface area contributed by atoms with E-state index in [-0.39, 0.29) is 6.04 Å². The van der Waals surface area contributed by atoms with E-state index in [4.69, 9.17) is 27.9 Å². The smallest absolute Gasteiger partial charge is 0.331 e. The van der Waals surface area contributed by atoms with Crippen LogP contribution in [0, 0.1) is 0 Å². The quantitative estimate of drug-likeness (QED) is 0.558. The molecule has 2 rings (SSSR count). The van der Waals surface area contributed by atoms with Crippen molar-refractivity contribution in [3.8, 4) is 0 Å². The molecular formula is C18H17Cl2NO3S. The summed E-state index contributed by atoms with van der Waals surface area (Å²) < 4.78 is 5.11. The predicted octanol–water partition coefficient (Wildman–Crippen LogP) is 4.88. The Morgan fingerprint density at radius 3 is 2.64 bits per heavy atom. The molecule has 0 aliphatic carbocycles. The number of carbonyl (C=O) groups excluding carboxylic acids is 2. The van der Waals surface area contributed by atoms with E-state index >= 15 is 0 Å². The van der Waals surface area contributed by atoms with Crippen LogP contribution in [0.25, 0.3) is 6.08 Å². The van der Waals surface area contributed by atoms with Gasteiger partial charge in [0.15, 0.2) is 6.10 Å². The number of esters is 1. The highest BCUT2D eigenvalue weighted by Crippen LogP contribution is 2.26. The molecule has 1 aromatic heterocycles. The molecule has 0 bridgehead atoms. The summed E-state index contributed by atoms with van der Waals surface area (Å²) in [6.07, 6.45) is 2.03. The minimum Gasteiger partial charge on any atom is -0.449 e. The van der Waals surface area contributed by atoms with Crippen LogP contribution in [0.4, 0.5) is 0 Å². The third kappa shape index (κ3) is 5.88. The first kappa shape index (κ1) is 19.5. The second kappa shape index (κ2) is 9.04. The lowest BCUT2D eigenvalue weighted by molar-refractivity contribution is -0.150. The predicted molar refractivity (Wildman–Crippen MR) is 102 cm³/mol. The fraction of sp³-hybridized carbons (Fsp3) is 0.222. The van der Waals surface area contributed by atoms with Crippen LogP contribution in [0.3, 0.4) is 0 Å². The summed E-state index contributed by atoms with van der Waals surface area (Å²) in [5, 5.41) is 5.65. The van der Waals surface area contributed by atoms with Crippen LogP contribution in [-0.2, 0) is 14.3 Å². The SMILES string of the molecule is C[C@H](OC(=O)/C=C/c1cccs1)C(=O)N[C@@H](C)c1ccc(Cl)cc1Cl. The first-order valence-electron chi connectivity index (χ1n) is 7.54. The monoisotopic (exact) mass is 397 g/mol. The standard InChI is InChI=1S/C18H17Cl2NO3S/c1-11(15-7-5-13(19)10-16(15)20)21-18(23)12(2)24-17(22)8-6-14-4-3-9-25-14/h3-12H,1-2H3,(H,21,23)/b8-6+/t11-,12-/m0/s1. The van der Waals surface area contributed by atoms with Crippen molar-refractivity contribution in [1.29, 1.82) is 0 Å². The molecule has 0 saturated carbocycles. The Morgan fingerprint density at radius 1 is 1.24 bits per heavy atom. The van der Waals surface area contributed by atoms with E-state index in [1.807, 2.05) is 17.5 Å². The topological polar surface area (TPSA) is 55.4 Å². The molecule has 0 radical (unpaired) electrons. The number of rotatable bonds is 6. The van der Waals surface area contributed by atoms with Gasteiger partial charge in [-0.15, -0.1) is 11.3 Å². The Balaban J connectivity index is 1.89. The van der Waals surface area contributed by atoms with Gasteiger partial charge in [-0.3, -0.25) is 4.79 Å². The van der Waals surface area contributed by atoms with Crippen molar-refractivity contribution in [2.75, 3.05) is 0 Å². The number of nitrogens with one attached hydrogen (secondary N) is 1. The van der Waals surface area contributed by atoms with Gasteiger partial charge in [-0.25, -0.2) is 4.79 Å². The molecule has 1 N–H and O–H groups in total. The van der Waals surface area contributed by atoms with Crippen molar-refractivity contribution >= 4 is 52.5 Å². The maximum atomic E-state index is 12.2. The number of carbonyl (C=O) groups is 2. The van der Waals surface area contributed by atoms with Crippen LogP contribution in [0.15, 0.2) is 41.8 Å². The number of thiophene rings is 1. The average molecular weight is 398 g/mol. The molecule has 0 saturated heterocycles. The molecule has 2 aromatic rings. The molecule has 2 atom stereocenters. The molecule has 7 heteroatoms. The van der Waals surface area contributed by atoms with Gasteiger partial charge in [0.2, 0.25) is 0 Å². The first-order chi connectivity index (χ1) is 11.9. The van der Waals surface area contributed by atoms with E-state index < -0.39 is 18.0 Å². The van der Waals surface area contributed by atoms with E-state index in [9.17, 15) is 9.59 Å². The molecular weight excluding hydrogens is 381 g/mol. The maximum absolute atomic E-state index is 12.2. The highest BCUT2D eigenvalue weighted by Gasteiger charge is 2.20. The van der Waals surface area contributed by atoms with Gasteiger partial charge in [0.1, 0.15) is 0 Å². The Morgan fingerprint density at radius 2 is 2.00 bits per heavy atom. The third-order valence-electron chi connectivity index (χ3n) is 3.38. The van der Waals surface area contributed by atoms with E-state index in [2.05, 4.69) is 5.32 Å². The zero-order chi connectivity index (χ0) is 18.4. The van der Waals surface area contributed by atoms with Crippen molar-refractivity contribution in [3.05, 3.63) is 62.3 Å². The normalized spacial score (nSPS) is 13.4. The molecule has 1 heterocycles. The Labute approximate surface area is 160 Å². The van der Waals surface area contributed by atoms with Gasteiger partial charge in [-0.2, -0.15) is 0 Å². The van der Waals surface area contributed by atoms with Crippen LogP contribution in [0.5, 0.6) is 0 Å². The summed E-state index contributed by atoms with van der Waals surface area (Å²) in [4.78, 5) is 24.9. The Hall–Kier alpha value is -1.82. The van der Waals surface area contributed by atoms with Gasteiger partial charge in [0, 0.05) is 21.0 Å². The van der Waals surface area contributed by atoms with E-state index in [0.717, 1.165) is 10.4 Å². The second-order valence-corrected chi connectivity index (χ2v) is 7.15. The average Bonchev–Trinajstić information content (AvgIpc) is 3.06. The largest absolute Gasteiger partial charge is 0.449 e. The van der Waals surface area contributed by atoms with Crippen LogP contribution < -0.4 is 5.32 Å². The zero-order valence-electron chi connectivity index (χ0n) is 13.7. The van der Waals surface area contributed by atoms with Gasteiger partial charge < -0.3 is 10.1 Å². The molecule has 0 unspecified atom stereocenters. The number of hydrogen-bond acceptors (Lipinski definition) is 4. The van der Waals surface area contributed by atoms with Crippen LogP contribution in [0.1, 0.15) is 30.3 Å². The van der Waals surface area contributed by atoms with Gasteiger partial charge in [0.25, 0.3) is 5.91 Å². The Bertz CT molecular complexity index is 775. The van der Waals surface area contributed by atoms with Crippen molar-refractivity contribution in [2.45, 2.75) is 26.0 Å². The molecule has 0 spiro atoms. The molecule has 25 heavy (non-hydrogen) atoms. The summed E-state index contributed by atoms with van der Waals surface area (Å²) >= 11 is 13.5. The summed E-state index contributed by atoms with van der Waals surface area (Å²) in [6.45, 7) is 3.31. The molecule has 1 aromatic carbocycles. The van der Waals surface area contributed by atoms with Gasteiger partial charge in [-0.05, 0) is 49.1 Å². The Kier molecular flexibility index (Phi) is 7.05. The number of hydrogen-bond donors (Lipinski definition) is 1. The molecule has 132 valence electrons.